The van der Waals surface area contributed by atoms with Gasteiger partial charge in [-0.05, 0) is 64.8 Å². The number of ether oxygens (including phenoxy) is 1. The molecule has 4 heteroatoms. The first-order valence-corrected chi connectivity index (χ1v) is 11.9. The maximum atomic E-state index is 6.22. The van der Waals surface area contributed by atoms with Crippen LogP contribution in [-0.4, -0.2) is 24.5 Å². The molecule has 168 valence electrons. The van der Waals surface area contributed by atoms with Gasteiger partial charge in [-0.2, -0.15) is 0 Å². The lowest BCUT2D eigenvalue weighted by Gasteiger charge is -2.43. The fourth-order valence-electron chi connectivity index (χ4n) is 5.32. The van der Waals surface area contributed by atoms with Crippen molar-refractivity contribution in [3.8, 4) is 11.1 Å². The normalized spacial score (nSPS) is 25.9. The van der Waals surface area contributed by atoms with Crippen molar-refractivity contribution in [2.24, 2.45) is 0 Å². The molecule has 1 saturated carbocycles. The third-order valence-electron chi connectivity index (χ3n) is 7.26. The van der Waals surface area contributed by atoms with E-state index >= 15 is 0 Å². The Morgan fingerprint density at radius 1 is 0.879 bits per heavy atom. The Hall–Kier alpha value is -2.92. The van der Waals surface area contributed by atoms with Gasteiger partial charge >= 0.3 is 0 Å². The maximum absolute atomic E-state index is 6.22. The minimum Gasteiger partial charge on any atom is -0.382 e. The Morgan fingerprint density at radius 3 is 2.42 bits per heavy atom. The van der Waals surface area contributed by atoms with Gasteiger partial charge in [0, 0.05) is 24.6 Å². The molecule has 0 bridgehead atoms. The van der Waals surface area contributed by atoms with Gasteiger partial charge in [-0.15, -0.1) is 0 Å². The summed E-state index contributed by atoms with van der Waals surface area (Å²) >= 11 is 0. The average molecular weight is 440 g/mol. The lowest BCUT2D eigenvalue weighted by atomic mass is 9.89. The van der Waals surface area contributed by atoms with Crippen LogP contribution < -0.4 is 5.32 Å². The van der Waals surface area contributed by atoms with Crippen LogP contribution in [0, 0.1) is 0 Å². The van der Waals surface area contributed by atoms with Crippen molar-refractivity contribution in [3.05, 3.63) is 96.1 Å². The molecular weight excluding hydrogens is 410 g/mol. The minimum atomic E-state index is -0.634. The van der Waals surface area contributed by atoms with E-state index in [1.807, 2.05) is 30.3 Å². The summed E-state index contributed by atoms with van der Waals surface area (Å²) in [6.45, 7) is 4.65. The molecule has 4 nitrogen and oxygen atoms in total. The Labute approximate surface area is 195 Å². The summed E-state index contributed by atoms with van der Waals surface area (Å²) in [7, 11) is 0. The molecule has 1 spiro atoms. The molecule has 1 heterocycles. The molecule has 0 amide bonds. The van der Waals surface area contributed by atoms with E-state index in [0.717, 1.165) is 43.2 Å². The molecule has 2 fully saturated rings. The van der Waals surface area contributed by atoms with Crippen molar-refractivity contribution >= 4 is 11.3 Å². The van der Waals surface area contributed by atoms with E-state index in [4.69, 9.17) is 14.5 Å². The summed E-state index contributed by atoms with van der Waals surface area (Å²) in [5, 5.41) is 3.74. The summed E-state index contributed by atoms with van der Waals surface area (Å²) < 4.78 is 6.22. The lowest BCUT2D eigenvalue weighted by molar-refractivity contribution is -0.483. The summed E-state index contributed by atoms with van der Waals surface area (Å²) in [4.78, 5) is 11.6. The minimum absolute atomic E-state index is 0.274. The number of benzene rings is 3. The molecule has 1 N–H and O–H groups in total. The van der Waals surface area contributed by atoms with Crippen LogP contribution in [0.2, 0.25) is 0 Å². The monoisotopic (exact) mass is 439 g/mol. The first-order chi connectivity index (χ1) is 16.2. The van der Waals surface area contributed by atoms with Crippen molar-refractivity contribution in [2.45, 2.75) is 50.0 Å². The zero-order chi connectivity index (χ0) is 22.3. The van der Waals surface area contributed by atoms with Crippen LogP contribution in [-0.2, 0) is 20.9 Å². The highest BCUT2D eigenvalue weighted by molar-refractivity contribution is 5.78. The largest absolute Gasteiger partial charge is 0.382 e. The molecule has 3 aromatic carbocycles. The van der Waals surface area contributed by atoms with E-state index in [1.165, 1.54) is 27.9 Å². The Bertz CT molecular complexity index is 1150. The van der Waals surface area contributed by atoms with Crippen molar-refractivity contribution in [1.29, 1.82) is 0 Å². The third kappa shape index (κ3) is 3.99. The number of nitrogens with one attached hydrogen (secondary N) is 1. The summed E-state index contributed by atoms with van der Waals surface area (Å²) in [5.41, 5.74) is 8.71. The fraction of sp³-hybridized carbons (Fsp3) is 0.310. The van der Waals surface area contributed by atoms with Gasteiger partial charge in [-0.25, -0.2) is 9.78 Å². The quantitative estimate of drug-likeness (QED) is 0.375. The topological polar surface area (TPSA) is 39.7 Å². The Balaban J connectivity index is 1.04. The van der Waals surface area contributed by atoms with Crippen LogP contribution in [0.1, 0.15) is 42.4 Å². The number of anilines is 1. The van der Waals surface area contributed by atoms with Gasteiger partial charge in [0.15, 0.2) is 0 Å². The van der Waals surface area contributed by atoms with Gasteiger partial charge in [0.25, 0.3) is 0 Å². The molecule has 33 heavy (non-hydrogen) atoms. The smallest absolute Gasteiger partial charge is 0.201 e. The van der Waals surface area contributed by atoms with Gasteiger partial charge < -0.3 is 10.1 Å². The maximum Gasteiger partial charge on any atom is 0.201 e. The molecule has 3 aliphatic rings. The van der Waals surface area contributed by atoms with E-state index < -0.39 is 5.79 Å². The van der Waals surface area contributed by atoms with Crippen LogP contribution >= 0.6 is 0 Å². The first kappa shape index (κ1) is 20.7. The van der Waals surface area contributed by atoms with Gasteiger partial charge in [-0.3, -0.25) is 0 Å². The molecule has 0 radical (unpaired) electrons. The molecule has 1 atom stereocenters. The zero-order valence-electron chi connectivity index (χ0n) is 18.8. The number of rotatable bonds is 4. The molecule has 2 aliphatic carbocycles. The van der Waals surface area contributed by atoms with Crippen LogP contribution in [0.5, 0.6) is 0 Å². The number of hydrogen-bond donors (Lipinski definition) is 1. The highest BCUT2D eigenvalue weighted by Crippen LogP contribution is 2.40. The van der Waals surface area contributed by atoms with Crippen molar-refractivity contribution in [2.75, 3.05) is 11.9 Å². The predicted octanol–water partition coefficient (Wildman–Crippen LogP) is 6.37. The highest BCUT2D eigenvalue weighted by Gasteiger charge is 2.43. The molecule has 3 aromatic rings. The van der Waals surface area contributed by atoms with E-state index in [1.54, 1.807) is 0 Å². The van der Waals surface area contributed by atoms with Crippen molar-refractivity contribution in [1.82, 2.24) is 0 Å². The molecule has 1 unspecified atom stereocenters. The van der Waals surface area contributed by atoms with E-state index in [-0.39, 0.29) is 6.10 Å². The molecule has 1 aliphatic heterocycles. The van der Waals surface area contributed by atoms with Gasteiger partial charge in [-0.1, -0.05) is 67.2 Å². The fourth-order valence-corrected chi connectivity index (χ4v) is 5.32. The highest BCUT2D eigenvalue weighted by atomic mass is 17.2. The summed E-state index contributed by atoms with van der Waals surface area (Å²) in [6.07, 6.45) is 4.32. The van der Waals surface area contributed by atoms with Gasteiger partial charge in [0.2, 0.25) is 5.79 Å². The summed E-state index contributed by atoms with van der Waals surface area (Å²) in [5.74, 6) is -0.634. The van der Waals surface area contributed by atoms with Crippen LogP contribution in [0.15, 0.2) is 79.4 Å². The number of hydrogen-bond acceptors (Lipinski definition) is 4. The van der Waals surface area contributed by atoms with E-state index in [0.29, 0.717) is 12.6 Å². The van der Waals surface area contributed by atoms with E-state index in [9.17, 15) is 0 Å². The molecular formula is C29H29NO3. The van der Waals surface area contributed by atoms with Crippen LogP contribution in [0.4, 0.5) is 5.69 Å². The standard InChI is InChI=1S/C29H29NO3/c1-20(21-7-3-2-4-8-21)28-19-31-29(33-32-28)15-13-24(14-16-29)30-25-11-12-27-23(18-25)17-22-9-5-6-10-26(22)27/h2-12,18,24,28,30H,1,13-17,19H2. The first-order valence-electron chi connectivity index (χ1n) is 11.9. The Morgan fingerprint density at radius 2 is 1.64 bits per heavy atom. The molecule has 6 rings (SSSR count). The van der Waals surface area contributed by atoms with Gasteiger partial charge in [0.05, 0.1) is 6.61 Å². The second-order valence-corrected chi connectivity index (χ2v) is 9.41. The second-order valence-electron chi connectivity index (χ2n) is 9.41. The molecule has 1 saturated heterocycles. The second kappa shape index (κ2) is 8.45. The third-order valence-corrected chi connectivity index (χ3v) is 7.26. The van der Waals surface area contributed by atoms with Gasteiger partial charge in [0.1, 0.15) is 6.10 Å². The van der Waals surface area contributed by atoms with Crippen LogP contribution in [0.3, 0.4) is 0 Å². The Kier molecular flexibility index (Phi) is 5.30. The summed E-state index contributed by atoms with van der Waals surface area (Å²) in [6, 6.07) is 26.0. The predicted molar refractivity (Wildman–Crippen MR) is 131 cm³/mol. The van der Waals surface area contributed by atoms with Crippen LogP contribution in [0.25, 0.3) is 16.7 Å². The SMILES string of the molecule is C=C(c1ccccc1)C1COC2(CCC(Nc3ccc4c(c3)Cc3ccccc3-4)CC2)OO1. The van der Waals surface area contributed by atoms with E-state index in [2.05, 4.69) is 54.4 Å². The van der Waals surface area contributed by atoms with Crippen molar-refractivity contribution < 1.29 is 14.5 Å². The zero-order valence-corrected chi connectivity index (χ0v) is 18.8. The average Bonchev–Trinajstić information content (AvgIpc) is 3.24. The lowest BCUT2D eigenvalue weighted by Crippen LogP contribution is -2.49. The van der Waals surface area contributed by atoms with Crippen molar-refractivity contribution in [3.63, 3.8) is 0 Å². The number of fused-ring (bicyclic) bond motifs is 3. The molecule has 0 aromatic heterocycles.